The first-order valence-electron chi connectivity index (χ1n) is 7.28. The average molecular weight is 269 g/mol. The van der Waals surface area contributed by atoms with Crippen LogP contribution in [0.4, 0.5) is 4.79 Å². The van der Waals surface area contributed by atoms with Crippen molar-refractivity contribution in [3.05, 3.63) is 0 Å². The molecule has 1 fully saturated rings. The highest BCUT2D eigenvalue weighted by atomic mass is 16.2. The van der Waals surface area contributed by atoms with Gasteiger partial charge in [-0.05, 0) is 24.7 Å². The fraction of sp³-hybridized carbons (Fsp3) is 0.857. The maximum absolute atomic E-state index is 11.9. The molecule has 1 unspecified atom stereocenters. The highest BCUT2D eigenvalue weighted by molar-refractivity contribution is 5.78. The van der Waals surface area contributed by atoms with Crippen molar-refractivity contribution in [3.63, 3.8) is 0 Å². The SMILES string of the molecule is CC(C)CNC(=O)CCNC(=O)N1CCCC(C)C1. The minimum Gasteiger partial charge on any atom is -0.356 e. The highest BCUT2D eigenvalue weighted by Gasteiger charge is 2.20. The van der Waals surface area contributed by atoms with Crippen molar-refractivity contribution in [1.82, 2.24) is 15.5 Å². The Bertz CT molecular complexity index is 305. The summed E-state index contributed by atoms with van der Waals surface area (Å²) in [5, 5.41) is 5.66. The Labute approximate surface area is 116 Å². The summed E-state index contributed by atoms with van der Waals surface area (Å²) >= 11 is 0. The lowest BCUT2D eigenvalue weighted by Crippen LogP contribution is -2.45. The van der Waals surface area contributed by atoms with Gasteiger partial charge in [0.1, 0.15) is 0 Å². The fourth-order valence-electron chi connectivity index (χ4n) is 2.17. The smallest absolute Gasteiger partial charge is 0.317 e. The zero-order valence-electron chi connectivity index (χ0n) is 12.4. The summed E-state index contributed by atoms with van der Waals surface area (Å²) in [6.45, 7) is 9.03. The number of likely N-dealkylation sites (tertiary alicyclic amines) is 1. The first kappa shape index (κ1) is 15.8. The quantitative estimate of drug-likeness (QED) is 0.796. The zero-order chi connectivity index (χ0) is 14.3. The number of urea groups is 1. The van der Waals surface area contributed by atoms with E-state index in [1.807, 2.05) is 4.90 Å². The van der Waals surface area contributed by atoms with Crippen molar-refractivity contribution in [1.29, 1.82) is 0 Å². The van der Waals surface area contributed by atoms with Gasteiger partial charge in [-0.15, -0.1) is 0 Å². The van der Waals surface area contributed by atoms with E-state index in [-0.39, 0.29) is 11.9 Å². The van der Waals surface area contributed by atoms with Crippen molar-refractivity contribution in [2.24, 2.45) is 11.8 Å². The van der Waals surface area contributed by atoms with Crippen LogP contribution in [0.3, 0.4) is 0 Å². The molecule has 5 nitrogen and oxygen atoms in total. The number of amides is 3. The molecule has 5 heteroatoms. The molecule has 3 amide bonds. The van der Waals surface area contributed by atoms with Gasteiger partial charge in [-0.2, -0.15) is 0 Å². The van der Waals surface area contributed by atoms with E-state index in [0.29, 0.717) is 31.3 Å². The molecule has 1 aliphatic rings. The van der Waals surface area contributed by atoms with E-state index in [2.05, 4.69) is 31.4 Å². The predicted octanol–water partition coefficient (Wildman–Crippen LogP) is 1.59. The molecular weight excluding hydrogens is 242 g/mol. The van der Waals surface area contributed by atoms with E-state index in [4.69, 9.17) is 0 Å². The van der Waals surface area contributed by atoms with E-state index in [1.54, 1.807) is 0 Å². The van der Waals surface area contributed by atoms with Crippen molar-refractivity contribution in [2.75, 3.05) is 26.2 Å². The standard InChI is InChI=1S/C14H27N3O2/c1-11(2)9-16-13(18)6-7-15-14(19)17-8-4-5-12(3)10-17/h11-12H,4-10H2,1-3H3,(H,15,19)(H,16,18). The molecule has 1 rings (SSSR count). The maximum atomic E-state index is 11.9. The third kappa shape index (κ3) is 6.45. The number of hydrogen-bond acceptors (Lipinski definition) is 2. The van der Waals surface area contributed by atoms with Crippen LogP contribution in [0, 0.1) is 11.8 Å². The van der Waals surface area contributed by atoms with Crippen LogP contribution >= 0.6 is 0 Å². The molecule has 1 aliphatic heterocycles. The predicted molar refractivity (Wildman–Crippen MR) is 75.8 cm³/mol. The lowest BCUT2D eigenvalue weighted by Gasteiger charge is -2.30. The van der Waals surface area contributed by atoms with Crippen LogP contribution in [0.1, 0.15) is 40.0 Å². The van der Waals surface area contributed by atoms with Gasteiger partial charge in [-0.25, -0.2) is 4.79 Å². The minimum atomic E-state index is -0.0387. The summed E-state index contributed by atoms with van der Waals surface area (Å²) in [5.41, 5.74) is 0. The van der Waals surface area contributed by atoms with Gasteiger partial charge >= 0.3 is 6.03 Å². The topological polar surface area (TPSA) is 61.4 Å². The Morgan fingerprint density at radius 1 is 1.32 bits per heavy atom. The molecular formula is C14H27N3O2. The van der Waals surface area contributed by atoms with E-state index >= 15 is 0 Å². The third-order valence-electron chi connectivity index (χ3n) is 3.28. The van der Waals surface area contributed by atoms with Crippen LogP contribution in [0.15, 0.2) is 0 Å². The van der Waals surface area contributed by atoms with E-state index in [1.165, 1.54) is 6.42 Å². The van der Waals surface area contributed by atoms with Gasteiger partial charge in [-0.1, -0.05) is 20.8 Å². The fourth-order valence-corrected chi connectivity index (χ4v) is 2.17. The molecule has 0 saturated carbocycles. The van der Waals surface area contributed by atoms with Gasteiger partial charge in [0, 0.05) is 32.6 Å². The molecule has 0 aromatic rings. The first-order chi connectivity index (χ1) is 8.99. The summed E-state index contributed by atoms with van der Waals surface area (Å²) in [7, 11) is 0. The number of nitrogens with zero attached hydrogens (tertiary/aromatic N) is 1. The molecule has 2 N–H and O–H groups in total. The van der Waals surface area contributed by atoms with Crippen LogP contribution in [0.2, 0.25) is 0 Å². The molecule has 1 heterocycles. The lowest BCUT2D eigenvalue weighted by molar-refractivity contribution is -0.121. The van der Waals surface area contributed by atoms with Crippen molar-refractivity contribution in [3.8, 4) is 0 Å². The molecule has 0 aromatic heterocycles. The van der Waals surface area contributed by atoms with Crippen LogP contribution in [0.5, 0.6) is 0 Å². The van der Waals surface area contributed by atoms with Gasteiger partial charge in [0.25, 0.3) is 0 Å². The molecule has 0 bridgehead atoms. The Hall–Kier alpha value is -1.26. The monoisotopic (exact) mass is 269 g/mol. The van der Waals surface area contributed by atoms with Crippen molar-refractivity contribution >= 4 is 11.9 Å². The Morgan fingerprint density at radius 2 is 2.05 bits per heavy atom. The van der Waals surface area contributed by atoms with Gasteiger partial charge in [0.05, 0.1) is 0 Å². The summed E-state index contributed by atoms with van der Waals surface area (Å²) in [5.74, 6) is 1.03. The summed E-state index contributed by atoms with van der Waals surface area (Å²) in [6, 6.07) is -0.0387. The van der Waals surface area contributed by atoms with Crippen LogP contribution in [0.25, 0.3) is 0 Å². The van der Waals surface area contributed by atoms with Crippen LogP contribution in [-0.2, 0) is 4.79 Å². The number of carbonyl (C=O) groups is 2. The average Bonchev–Trinajstić information content (AvgIpc) is 2.36. The highest BCUT2D eigenvalue weighted by Crippen LogP contribution is 2.15. The summed E-state index contributed by atoms with van der Waals surface area (Å²) in [4.78, 5) is 25.2. The van der Waals surface area contributed by atoms with Crippen LogP contribution in [-0.4, -0.2) is 43.0 Å². The van der Waals surface area contributed by atoms with Gasteiger partial charge in [0.2, 0.25) is 5.91 Å². The second kappa shape index (κ2) is 8.02. The minimum absolute atomic E-state index is 0.000937. The number of rotatable bonds is 5. The summed E-state index contributed by atoms with van der Waals surface area (Å²) < 4.78 is 0. The zero-order valence-corrected chi connectivity index (χ0v) is 12.4. The van der Waals surface area contributed by atoms with Crippen molar-refractivity contribution in [2.45, 2.75) is 40.0 Å². The largest absolute Gasteiger partial charge is 0.356 e. The maximum Gasteiger partial charge on any atom is 0.317 e. The molecule has 1 saturated heterocycles. The Kier molecular flexibility index (Phi) is 6.67. The normalized spacial score (nSPS) is 19.4. The number of nitrogens with one attached hydrogen (secondary N) is 2. The van der Waals surface area contributed by atoms with E-state index in [9.17, 15) is 9.59 Å². The van der Waals surface area contributed by atoms with Crippen molar-refractivity contribution < 1.29 is 9.59 Å². The van der Waals surface area contributed by atoms with Gasteiger partial charge in [0.15, 0.2) is 0 Å². The molecule has 0 aromatic carbocycles. The number of carbonyl (C=O) groups excluding carboxylic acids is 2. The molecule has 0 spiro atoms. The first-order valence-corrected chi connectivity index (χ1v) is 7.28. The van der Waals surface area contributed by atoms with Gasteiger partial charge in [-0.3, -0.25) is 4.79 Å². The second-order valence-corrected chi connectivity index (χ2v) is 5.87. The Morgan fingerprint density at radius 3 is 2.68 bits per heavy atom. The molecule has 19 heavy (non-hydrogen) atoms. The molecule has 0 radical (unpaired) electrons. The molecule has 1 atom stereocenters. The Balaban J connectivity index is 2.14. The third-order valence-corrected chi connectivity index (χ3v) is 3.28. The molecule has 110 valence electrons. The number of piperidine rings is 1. The number of hydrogen-bond donors (Lipinski definition) is 2. The van der Waals surface area contributed by atoms with E-state index in [0.717, 1.165) is 19.5 Å². The molecule has 0 aliphatic carbocycles. The van der Waals surface area contributed by atoms with Gasteiger partial charge < -0.3 is 15.5 Å². The lowest BCUT2D eigenvalue weighted by atomic mass is 10.0. The van der Waals surface area contributed by atoms with Crippen LogP contribution < -0.4 is 10.6 Å². The summed E-state index contributed by atoms with van der Waals surface area (Å²) in [6.07, 6.45) is 2.62. The van der Waals surface area contributed by atoms with E-state index < -0.39 is 0 Å². The second-order valence-electron chi connectivity index (χ2n) is 5.87.